The van der Waals surface area contributed by atoms with Crippen LogP contribution in [0.5, 0.6) is 5.75 Å². The summed E-state index contributed by atoms with van der Waals surface area (Å²) in [5, 5.41) is 9.15. The third-order valence-electron chi connectivity index (χ3n) is 2.64. The number of nitrogens with zero attached hydrogens (tertiary/aromatic N) is 1. The summed E-state index contributed by atoms with van der Waals surface area (Å²) < 4.78 is 50.7. The van der Waals surface area contributed by atoms with Gasteiger partial charge in [-0.25, -0.2) is 4.39 Å². The number of aromatic amines is 1. The van der Waals surface area contributed by atoms with Crippen LogP contribution >= 0.6 is 11.6 Å². The number of aromatic hydroxyl groups is 1. The highest BCUT2D eigenvalue weighted by Gasteiger charge is 2.32. The highest BCUT2D eigenvalue weighted by molar-refractivity contribution is 6.32. The van der Waals surface area contributed by atoms with E-state index in [0.717, 1.165) is 12.1 Å². The number of phenolic OH excluding ortho intramolecular Hbond substituents is 1. The molecule has 1 heterocycles. The summed E-state index contributed by atoms with van der Waals surface area (Å²) in [5.41, 5.74) is -2.81. The van der Waals surface area contributed by atoms with Gasteiger partial charge < -0.3 is 10.1 Å². The van der Waals surface area contributed by atoms with Crippen molar-refractivity contribution in [2.45, 2.75) is 12.6 Å². The highest BCUT2D eigenvalue weighted by Crippen LogP contribution is 2.28. The van der Waals surface area contributed by atoms with Crippen molar-refractivity contribution in [1.82, 2.24) is 9.97 Å². The molecular weight excluding hydrogens is 316 g/mol. The van der Waals surface area contributed by atoms with Crippen LogP contribution in [0, 0.1) is 5.82 Å². The Morgan fingerprint density at radius 1 is 1.33 bits per heavy atom. The Kier molecular flexibility index (Phi) is 3.91. The van der Waals surface area contributed by atoms with E-state index < -0.39 is 29.0 Å². The number of rotatable bonds is 2. The molecule has 2 aromatic rings. The molecule has 0 bridgehead atoms. The molecule has 0 saturated heterocycles. The van der Waals surface area contributed by atoms with E-state index in [0.29, 0.717) is 6.20 Å². The second kappa shape index (κ2) is 5.36. The zero-order valence-electron chi connectivity index (χ0n) is 10.1. The maximum atomic E-state index is 13.6. The third kappa shape index (κ3) is 3.33. The Morgan fingerprint density at radius 3 is 2.57 bits per heavy atom. The van der Waals surface area contributed by atoms with E-state index in [2.05, 4.69) is 4.98 Å². The number of halogens is 5. The number of benzene rings is 1. The maximum absolute atomic E-state index is 13.6. The van der Waals surface area contributed by atoms with Crippen LogP contribution in [-0.4, -0.2) is 15.1 Å². The van der Waals surface area contributed by atoms with Crippen LogP contribution in [0.1, 0.15) is 17.0 Å². The van der Waals surface area contributed by atoms with E-state index in [-0.39, 0.29) is 22.7 Å². The number of hydrogen-bond acceptors (Lipinski definition) is 3. The molecule has 0 saturated carbocycles. The molecular formula is C12H7ClF4N2O2. The lowest BCUT2D eigenvalue weighted by Crippen LogP contribution is -2.21. The van der Waals surface area contributed by atoms with Gasteiger partial charge in [0.05, 0.1) is 11.2 Å². The summed E-state index contributed by atoms with van der Waals surface area (Å²) in [5.74, 6) is -1.21. The van der Waals surface area contributed by atoms with Gasteiger partial charge in [-0.05, 0) is 17.7 Å². The minimum absolute atomic E-state index is 0.116. The fourth-order valence-corrected chi connectivity index (χ4v) is 1.74. The smallest absolute Gasteiger partial charge is 0.432 e. The molecule has 2 rings (SSSR count). The van der Waals surface area contributed by atoms with E-state index in [1.165, 1.54) is 0 Å². The van der Waals surface area contributed by atoms with Crippen LogP contribution in [0.2, 0.25) is 5.02 Å². The lowest BCUT2D eigenvalue weighted by Gasteiger charge is -2.08. The molecule has 112 valence electrons. The van der Waals surface area contributed by atoms with Crippen LogP contribution in [0.3, 0.4) is 0 Å². The van der Waals surface area contributed by atoms with E-state index in [4.69, 9.17) is 11.6 Å². The summed E-state index contributed by atoms with van der Waals surface area (Å²) in [7, 11) is 0. The SMILES string of the molecule is O=c1[nH]c(C(F)(F)F)cnc1Cc1cc(O)c(Cl)cc1F. The normalized spacial score (nSPS) is 11.7. The summed E-state index contributed by atoms with van der Waals surface area (Å²) in [6.07, 6.45) is -4.66. The van der Waals surface area contributed by atoms with Crippen molar-refractivity contribution in [1.29, 1.82) is 0 Å². The molecule has 0 radical (unpaired) electrons. The van der Waals surface area contributed by atoms with E-state index in [1.807, 2.05) is 0 Å². The summed E-state index contributed by atoms with van der Waals surface area (Å²) in [6, 6.07) is 1.82. The molecule has 0 unspecified atom stereocenters. The highest BCUT2D eigenvalue weighted by atomic mass is 35.5. The van der Waals surface area contributed by atoms with Crippen LogP contribution in [0.4, 0.5) is 17.6 Å². The van der Waals surface area contributed by atoms with Gasteiger partial charge in [-0.3, -0.25) is 9.78 Å². The van der Waals surface area contributed by atoms with Crippen LogP contribution in [0.15, 0.2) is 23.1 Å². The Labute approximate surface area is 120 Å². The Bertz CT molecular complexity index is 743. The van der Waals surface area contributed by atoms with Crippen molar-refractivity contribution < 1.29 is 22.7 Å². The zero-order chi connectivity index (χ0) is 15.8. The molecule has 1 aromatic heterocycles. The number of aromatic nitrogens is 2. The third-order valence-corrected chi connectivity index (χ3v) is 2.94. The van der Waals surface area contributed by atoms with E-state index >= 15 is 0 Å². The van der Waals surface area contributed by atoms with Crippen molar-refractivity contribution >= 4 is 11.6 Å². The van der Waals surface area contributed by atoms with Crippen LogP contribution in [-0.2, 0) is 12.6 Å². The first-order valence-corrected chi connectivity index (χ1v) is 5.88. The molecule has 0 fully saturated rings. The van der Waals surface area contributed by atoms with Crippen LogP contribution in [0.25, 0.3) is 0 Å². The topological polar surface area (TPSA) is 66.0 Å². The largest absolute Gasteiger partial charge is 0.506 e. The van der Waals surface area contributed by atoms with Gasteiger partial charge in [0.2, 0.25) is 0 Å². The minimum atomic E-state index is -4.73. The van der Waals surface area contributed by atoms with Gasteiger partial charge in [-0.2, -0.15) is 13.2 Å². The Balaban J connectivity index is 2.37. The van der Waals surface area contributed by atoms with Crippen molar-refractivity contribution in [3.8, 4) is 5.75 Å². The van der Waals surface area contributed by atoms with Gasteiger partial charge in [-0.15, -0.1) is 0 Å². The van der Waals surface area contributed by atoms with Gasteiger partial charge in [0, 0.05) is 6.42 Å². The van der Waals surface area contributed by atoms with E-state index in [1.54, 1.807) is 4.98 Å². The molecule has 0 aliphatic carbocycles. The van der Waals surface area contributed by atoms with Crippen molar-refractivity contribution in [2.75, 3.05) is 0 Å². The number of phenols is 1. The molecule has 4 nitrogen and oxygen atoms in total. The fraction of sp³-hybridized carbons (Fsp3) is 0.167. The van der Waals surface area contributed by atoms with Gasteiger partial charge >= 0.3 is 6.18 Å². The molecule has 0 atom stereocenters. The van der Waals surface area contributed by atoms with Gasteiger partial charge in [0.1, 0.15) is 23.0 Å². The first-order chi connectivity index (χ1) is 9.68. The lowest BCUT2D eigenvalue weighted by atomic mass is 10.1. The monoisotopic (exact) mass is 322 g/mol. The van der Waals surface area contributed by atoms with E-state index in [9.17, 15) is 27.5 Å². The zero-order valence-corrected chi connectivity index (χ0v) is 10.9. The standard InChI is InChI=1S/C12H7ClF4N2O2/c13-6-3-7(14)5(2-9(6)20)1-8-11(21)19-10(4-18-8)12(15,16)17/h2-4,20H,1H2,(H,19,21). The first kappa shape index (κ1) is 15.3. The Hall–Kier alpha value is -2.09. The van der Waals surface area contributed by atoms with Crippen molar-refractivity contribution in [3.63, 3.8) is 0 Å². The van der Waals surface area contributed by atoms with Crippen molar-refractivity contribution in [2.24, 2.45) is 0 Å². The molecule has 21 heavy (non-hydrogen) atoms. The maximum Gasteiger partial charge on any atom is 0.432 e. The quantitative estimate of drug-likeness (QED) is 0.836. The number of nitrogens with one attached hydrogen (secondary N) is 1. The number of hydrogen-bond donors (Lipinski definition) is 2. The fourth-order valence-electron chi connectivity index (χ4n) is 1.59. The molecule has 2 N–H and O–H groups in total. The summed E-state index contributed by atoms with van der Waals surface area (Å²) in [4.78, 5) is 16.5. The molecule has 1 aromatic carbocycles. The number of H-pyrrole nitrogens is 1. The second-order valence-corrected chi connectivity index (χ2v) is 4.55. The van der Waals surface area contributed by atoms with Crippen LogP contribution < -0.4 is 5.56 Å². The predicted molar refractivity (Wildman–Crippen MR) is 65.7 cm³/mol. The molecule has 0 aliphatic heterocycles. The van der Waals surface area contributed by atoms with Gasteiger partial charge in [0.15, 0.2) is 0 Å². The summed E-state index contributed by atoms with van der Waals surface area (Å²) in [6.45, 7) is 0. The summed E-state index contributed by atoms with van der Waals surface area (Å²) >= 11 is 5.49. The molecule has 9 heteroatoms. The van der Waals surface area contributed by atoms with Crippen molar-refractivity contribution in [3.05, 3.63) is 56.5 Å². The average molecular weight is 323 g/mol. The molecule has 0 spiro atoms. The Morgan fingerprint density at radius 2 is 2.00 bits per heavy atom. The predicted octanol–water partition coefficient (Wildman–Crippen LogP) is 2.88. The number of alkyl halides is 3. The molecule has 0 amide bonds. The van der Waals surface area contributed by atoms with Gasteiger partial charge in [0.25, 0.3) is 5.56 Å². The van der Waals surface area contributed by atoms with Gasteiger partial charge in [-0.1, -0.05) is 11.6 Å². The second-order valence-electron chi connectivity index (χ2n) is 4.14. The minimum Gasteiger partial charge on any atom is -0.506 e. The molecule has 0 aliphatic rings. The lowest BCUT2D eigenvalue weighted by molar-refractivity contribution is -0.141. The first-order valence-electron chi connectivity index (χ1n) is 5.50. The average Bonchev–Trinajstić information content (AvgIpc) is 2.36.